The molecule has 1 amide bonds. The van der Waals surface area contributed by atoms with E-state index in [0.717, 1.165) is 17.3 Å². The van der Waals surface area contributed by atoms with E-state index in [0.29, 0.717) is 35.3 Å². The van der Waals surface area contributed by atoms with Gasteiger partial charge in [-0.05, 0) is 48.7 Å². The molecule has 3 rings (SSSR count). The highest BCUT2D eigenvalue weighted by molar-refractivity contribution is 6.05. The fourth-order valence-electron chi connectivity index (χ4n) is 2.55. The number of hydrogen-bond donors (Lipinski definition) is 2. The van der Waals surface area contributed by atoms with E-state index in [1.807, 2.05) is 18.2 Å². The minimum atomic E-state index is -0.212. The molecule has 6 heteroatoms. The van der Waals surface area contributed by atoms with Gasteiger partial charge in [0.1, 0.15) is 0 Å². The average Bonchev–Trinajstić information content (AvgIpc) is 3.09. The molecule has 0 fully saturated rings. The van der Waals surface area contributed by atoms with Crippen LogP contribution in [0.4, 0.5) is 5.69 Å². The highest BCUT2D eigenvalue weighted by atomic mass is 16.5. The molecule has 1 aromatic heterocycles. The van der Waals surface area contributed by atoms with Crippen LogP contribution in [0.25, 0.3) is 10.9 Å². The fraction of sp³-hybridized carbons (Fsp3) is 0.300. The number of hydrogen-bond acceptors (Lipinski definition) is 4. The summed E-state index contributed by atoms with van der Waals surface area (Å²) in [6, 6.07) is 10.8. The van der Waals surface area contributed by atoms with Gasteiger partial charge in [-0.15, -0.1) is 0 Å². The van der Waals surface area contributed by atoms with Crippen molar-refractivity contribution in [2.24, 2.45) is 5.92 Å². The molecule has 0 saturated carbocycles. The van der Waals surface area contributed by atoms with E-state index >= 15 is 0 Å². The van der Waals surface area contributed by atoms with Crippen LogP contribution < -0.4 is 14.8 Å². The Balaban J connectivity index is 1.72. The second-order valence-corrected chi connectivity index (χ2v) is 6.52. The molecule has 0 aliphatic rings. The Hall–Kier alpha value is -3.02. The minimum absolute atomic E-state index is 0.212. The van der Waals surface area contributed by atoms with Crippen LogP contribution in [0.2, 0.25) is 0 Å². The largest absolute Gasteiger partial charge is 0.493 e. The Bertz CT molecular complexity index is 902. The molecular formula is C20H23N3O3. The topological polar surface area (TPSA) is 76.2 Å². The lowest BCUT2D eigenvalue weighted by Gasteiger charge is -2.13. The van der Waals surface area contributed by atoms with Crippen LogP contribution >= 0.6 is 0 Å². The van der Waals surface area contributed by atoms with E-state index in [4.69, 9.17) is 9.47 Å². The van der Waals surface area contributed by atoms with Gasteiger partial charge < -0.3 is 14.8 Å². The second kappa shape index (κ2) is 7.91. The third kappa shape index (κ3) is 4.14. The van der Waals surface area contributed by atoms with Gasteiger partial charge in [0.2, 0.25) is 0 Å². The van der Waals surface area contributed by atoms with Crippen molar-refractivity contribution in [3.8, 4) is 11.5 Å². The van der Waals surface area contributed by atoms with Gasteiger partial charge in [-0.25, -0.2) is 0 Å². The molecule has 6 nitrogen and oxygen atoms in total. The highest BCUT2D eigenvalue weighted by Crippen LogP contribution is 2.29. The van der Waals surface area contributed by atoms with E-state index in [1.165, 1.54) is 0 Å². The number of aromatic amines is 1. The SMILES string of the molecule is COc1cc(C(=O)Nc2ccc3cn[nH]c3c2)ccc1OCCC(C)C. The third-order valence-electron chi connectivity index (χ3n) is 4.08. The molecule has 0 radical (unpaired) electrons. The molecule has 2 aromatic carbocycles. The molecule has 2 N–H and O–H groups in total. The van der Waals surface area contributed by atoms with Gasteiger partial charge in [0.05, 0.1) is 25.4 Å². The predicted molar refractivity (Wildman–Crippen MR) is 102 cm³/mol. The summed E-state index contributed by atoms with van der Waals surface area (Å²) >= 11 is 0. The number of amides is 1. The lowest BCUT2D eigenvalue weighted by molar-refractivity contribution is 0.102. The fourth-order valence-corrected chi connectivity index (χ4v) is 2.55. The number of methoxy groups -OCH3 is 1. The Kier molecular flexibility index (Phi) is 5.41. The number of benzene rings is 2. The van der Waals surface area contributed by atoms with Gasteiger partial charge in [0, 0.05) is 16.6 Å². The average molecular weight is 353 g/mol. The maximum absolute atomic E-state index is 12.5. The molecule has 1 heterocycles. The number of nitrogens with zero attached hydrogens (tertiary/aromatic N) is 1. The normalized spacial score (nSPS) is 10.9. The molecule has 136 valence electrons. The highest BCUT2D eigenvalue weighted by Gasteiger charge is 2.12. The van der Waals surface area contributed by atoms with Gasteiger partial charge >= 0.3 is 0 Å². The molecule has 0 aliphatic heterocycles. The summed E-state index contributed by atoms with van der Waals surface area (Å²) in [5.74, 6) is 1.54. The smallest absolute Gasteiger partial charge is 0.255 e. The molecule has 0 bridgehead atoms. The van der Waals surface area contributed by atoms with Crippen LogP contribution in [0.3, 0.4) is 0 Å². The Morgan fingerprint density at radius 1 is 1.19 bits per heavy atom. The number of carbonyl (C=O) groups excluding carboxylic acids is 1. The van der Waals surface area contributed by atoms with Gasteiger partial charge in [0.15, 0.2) is 11.5 Å². The zero-order valence-electron chi connectivity index (χ0n) is 15.2. The number of nitrogens with one attached hydrogen (secondary N) is 2. The molecule has 3 aromatic rings. The van der Waals surface area contributed by atoms with Crippen molar-refractivity contribution in [3.05, 3.63) is 48.2 Å². The summed E-state index contributed by atoms with van der Waals surface area (Å²) < 4.78 is 11.1. The first-order valence-electron chi connectivity index (χ1n) is 8.62. The van der Waals surface area contributed by atoms with Crippen LogP contribution in [0.5, 0.6) is 11.5 Å². The summed E-state index contributed by atoms with van der Waals surface area (Å²) in [4.78, 5) is 12.5. The second-order valence-electron chi connectivity index (χ2n) is 6.52. The summed E-state index contributed by atoms with van der Waals surface area (Å²) in [6.07, 6.45) is 2.70. The van der Waals surface area contributed by atoms with E-state index < -0.39 is 0 Å². The zero-order chi connectivity index (χ0) is 18.5. The molecule has 0 spiro atoms. The Morgan fingerprint density at radius 2 is 2.04 bits per heavy atom. The van der Waals surface area contributed by atoms with Crippen molar-refractivity contribution in [3.63, 3.8) is 0 Å². The van der Waals surface area contributed by atoms with Crippen molar-refractivity contribution in [2.75, 3.05) is 19.0 Å². The molecule has 0 aliphatic carbocycles. The van der Waals surface area contributed by atoms with Crippen LogP contribution in [0.1, 0.15) is 30.6 Å². The van der Waals surface area contributed by atoms with Gasteiger partial charge in [0.25, 0.3) is 5.91 Å². The van der Waals surface area contributed by atoms with Gasteiger partial charge in [-0.1, -0.05) is 13.8 Å². The van der Waals surface area contributed by atoms with Crippen molar-refractivity contribution in [1.82, 2.24) is 10.2 Å². The van der Waals surface area contributed by atoms with E-state index in [9.17, 15) is 4.79 Å². The summed E-state index contributed by atoms with van der Waals surface area (Å²) in [5, 5.41) is 10.7. The summed E-state index contributed by atoms with van der Waals surface area (Å²) in [6.45, 7) is 4.91. The maximum atomic E-state index is 12.5. The monoisotopic (exact) mass is 353 g/mol. The van der Waals surface area contributed by atoms with Crippen molar-refractivity contribution >= 4 is 22.5 Å². The van der Waals surface area contributed by atoms with Gasteiger partial charge in [-0.3, -0.25) is 9.89 Å². The number of anilines is 1. The van der Waals surface area contributed by atoms with E-state index in [-0.39, 0.29) is 5.91 Å². The quantitative estimate of drug-likeness (QED) is 0.666. The Labute approximate surface area is 152 Å². The number of aromatic nitrogens is 2. The molecular weight excluding hydrogens is 330 g/mol. The zero-order valence-corrected chi connectivity index (χ0v) is 15.2. The lowest BCUT2D eigenvalue weighted by Crippen LogP contribution is -2.12. The minimum Gasteiger partial charge on any atom is -0.493 e. The van der Waals surface area contributed by atoms with Crippen molar-refractivity contribution in [2.45, 2.75) is 20.3 Å². The number of carbonyl (C=O) groups is 1. The first-order valence-corrected chi connectivity index (χ1v) is 8.62. The Morgan fingerprint density at radius 3 is 2.81 bits per heavy atom. The lowest BCUT2D eigenvalue weighted by atomic mass is 10.1. The van der Waals surface area contributed by atoms with E-state index in [1.54, 1.807) is 31.5 Å². The first-order chi connectivity index (χ1) is 12.6. The number of H-pyrrole nitrogens is 1. The summed E-state index contributed by atoms with van der Waals surface area (Å²) in [5.41, 5.74) is 2.07. The van der Waals surface area contributed by atoms with Crippen molar-refractivity contribution < 1.29 is 14.3 Å². The molecule has 0 saturated heterocycles. The van der Waals surface area contributed by atoms with Crippen LogP contribution in [0.15, 0.2) is 42.6 Å². The predicted octanol–water partition coefficient (Wildman–Crippen LogP) is 4.25. The van der Waals surface area contributed by atoms with Crippen LogP contribution in [-0.2, 0) is 0 Å². The number of ether oxygens (including phenoxy) is 2. The van der Waals surface area contributed by atoms with Crippen LogP contribution in [-0.4, -0.2) is 29.8 Å². The molecule has 0 atom stereocenters. The standard InChI is InChI=1S/C20H23N3O3/c1-13(2)8-9-26-18-7-5-14(10-19(18)25-3)20(24)22-16-6-4-15-12-21-23-17(15)11-16/h4-7,10-13H,8-9H2,1-3H3,(H,21,23)(H,22,24). The number of fused-ring (bicyclic) bond motifs is 1. The van der Waals surface area contributed by atoms with E-state index in [2.05, 4.69) is 29.4 Å². The molecule has 26 heavy (non-hydrogen) atoms. The van der Waals surface area contributed by atoms with Crippen molar-refractivity contribution in [1.29, 1.82) is 0 Å². The maximum Gasteiger partial charge on any atom is 0.255 e. The first kappa shape index (κ1) is 17.8. The van der Waals surface area contributed by atoms with Gasteiger partial charge in [-0.2, -0.15) is 5.10 Å². The summed E-state index contributed by atoms with van der Waals surface area (Å²) in [7, 11) is 1.57. The third-order valence-corrected chi connectivity index (χ3v) is 4.08. The molecule has 0 unspecified atom stereocenters. The number of rotatable bonds is 7. The van der Waals surface area contributed by atoms with Crippen LogP contribution in [0, 0.1) is 5.92 Å².